The molecule has 0 fully saturated rings. The molecular formula is C26H23FN2O3. The minimum atomic E-state index is -0.383. The number of ether oxygens (including phenoxy) is 1. The van der Waals surface area contributed by atoms with Gasteiger partial charge in [0.05, 0.1) is 12.7 Å². The summed E-state index contributed by atoms with van der Waals surface area (Å²) in [6.07, 6.45) is 0.436. The third-order valence-corrected chi connectivity index (χ3v) is 5.49. The molecular weight excluding hydrogens is 407 g/mol. The van der Waals surface area contributed by atoms with Crippen molar-refractivity contribution in [1.29, 1.82) is 0 Å². The molecule has 0 aromatic heterocycles. The summed E-state index contributed by atoms with van der Waals surface area (Å²) in [5, 5.41) is 3.19. The lowest BCUT2D eigenvalue weighted by Crippen LogP contribution is -2.34. The molecule has 1 heterocycles. The van der Waals surface area contributed by atoms with Crippen LogP contribution < -0.4 is 10.1 Å². The Balaban J connectivity index is 1.67. The third-order valence-electron chi connectivity index (χ3n) is 5.49. The van der Waals surface area contributed by atoms with E-state index in [0.29, 0.717) is 23.3 Å². The fourth-order valence-electron chi connectivity index (χ4n) is 3.66. The van der Waals surface area contributed by atoms with Gasteiger partial charge in [-0.2, -0.15) is 0 Å². The highest BCUT2D eigenvalue weighted by atomic mass is 19.1. The van der Waals surface area contributed by atoms with Gasteiger partial charge in [-0.15, -0.1) is 0 Å². The van der Waals surface area contributed by atoms with Crippen molar-refractivity contribution in [3.63, 3.8) is 0 Å². The average Bonchev–Trinajstić information content (AvgIpc) is 3.04. The molecule has 2 amide bonds. The molecule has 0 spiro atoms. The highest BCUT2D eigenvalue weighted by Gasteiger charge is 2.39. The van der Waals surface area contributed by atoms with E-state index in [4.69, 9.17) is 4.74 Å². The van der Waals surface area contributed by atoms with E-state index in [0.717, 1.165) is 16.8 Å². The molecule has 0 aliphatic carbocycles. The van der Waals surface area contributed by atoms with Crippen molar-refractivity contribution >= 4 is 23.1 Å². The van der Waals surface area contributed by atoms with Gasteiger partial charge >= 0.3 is 0 Å². The Morgan fingerprint density at radius 3 is 2.25 bits per heavy atom. The van der Waals surface area contributed by atoms with E-state index in [1.54, 1.807) is 43.5 Å². The molecule has 1 N–H and O–H groups in total. The monoisotopic (exact) mass is 430 g/mol. The van der Waals surface area contributed by atoms with Crippen molar-refractivity contribution in [2.45, 2.75) is 13.3 Å². The van der Waals surface area contributed by atoms with Gasteiger partial charge in [-0.1, -0.05) is 42.5 Å². The second-order valence-electron chi connectivity index (χ2n) is 7.56. The molecule has 4 rings (SSSR count). The van der Waals surface area contributed by atoms with E-state index in [1.165, 1.54) is 17.0 Å². The van der Waals surface area contributed by atoms with E-state index < -0.39 is 0 Å². The Morgan fingerprint density at radius 1 is 0.906 bits per heavy atom. The van der Waals surface area contributed by atoms with Gasteiger partial charge in [0.2, 0.25) is 0 Å². The van der Waals surface area contributed by atoms with Crippen LogP contribution in [-0.2, 0) is 16.0 Å². The second kappa shape index (κ2) is 9.06. The Bertz CT molecular complexity index is 1180. The minimum Gasteiger partial charge on any atom is -0.497 e. The van der Waals surface area contributed by atoms with Crippen LogP contribution in [0.5, 0.6) is 5.75 Å². The fraction of sp³-hybridized carbons (Fsp3) is 0.154. The van der Waals surface area contributed by atoms with Crippen molar-refractivity contribution in [3.8, 4) is 5.75 Å². The summed E-state index contributed by atoms with van der Waals surface area (Å²) in [5.41, 5.74) is 3.76. The number of nitrogens with one attached hydrogen (secondary N) is 1. The van der Waals surface area contributed by atoms with E-state index in [9.17, 15) is 14.0 Å². The van der Waals surface area contributed by atoms with E-state index in [1.807, 2.05) is 31.2 Å². The molecule has 0 radical (unpaired) electrons. The van der Waals surface area contributed by atoms with Crippen LogP contribution in [0.1, 0.15) is 16.7 Å². The van der Waals surface area contributed by atoms with E-state index >= 15 is 0 Å². The molecule has 6 heteroatoms. The molecule has 0 saturated carbocycles. The van der Waals surface area contributed by atoms with Crippen molar-refractivity contribution in [1.82, 2.24) is 4.90 Å². The largest absolute Gasteiger partial charge is 0.497 e. The molecule has 3 aromatic carbocycles. The van der Waals surface area contributed by atoms with E-state index in [-0.39, 0.29) is 29.9 Å². The summed E-state index contributed by atoms with van der Waals surface area (Å²) in [6.45, 7) is 2.13. The van der Waals surface area contributed by atoms with Gasteiger partial charge in [-0.05, 0) is 60.4 Å². The lowest BCUT2D eigenvalue weighted by atomic mass is 10.0. The number of anilines is 1. The van der Waals surface area contributed by atoms with Crippen molar-refractivity contribution in [3.05, 3.63) is 101 Å². The predicted molar refractivity (Wildman–Crippen MR) is 122 cm³/mol. The Morgan fingerprint density at radius 2 is 1.59 bits per heavy atom. The van der Waals surface area contributed by atoms with Crippen LogP contribution in [-0.4, -0.2) is 30.4 Å². The number of rotatable bonds is 7. The van der Waals surface area contributed by atoms with Crippen molar-refractivity contribution in [2.24, 2.45) is 0 Å². The van der Waals surface area contributed by atoms with Gasteiger partial charge in [0.15, 0.2) is 0 Å². The molecule has 5 nitrogen and oxygen atoms in total. The number of aryl methyl sites for hydroxylation is 1. The fourth-order valence-corrected chi connectivity index (χ4v) is 3.66. The quantitative estimate of drug-likeness (QED) is 0.558. The zero-order chi connectivity index (χ0) is 22.7. The van der Waals surface area contributed by atoms with Gasteiger partial charge in [0.25, 0.3) is 11.8 Å². The van der Waals surface area contributed by atoms with Crippen molar-refractivity contribution < 1.29 is 18.7 Å². The van der Waals surface area contributed by atoms with Crippen LogP contribution in [0.3, 0.4) is 0 Å². The van der Waals surface area contributed by atoms with Crippen LogP contribution in [0, 0.1) is 12.7 Å². The number of imide groups is 1. The Labute approximate surface area is 186 Å². The molecule has 1 aliphatic rings. The summed E-state index contributed by atoms with van der Waals surface area (Å²) in [4.78, 5) is 27.9. The summed E-state index contributed by atoms with van der Waals surface area (Å²) in [6, 6.07) is 20.7. The number of hydrogen-bond donors (Lipinski definition) is 1. The van der Waals surface area contributed by atoms with Crippen molar-refractivity contribution in [2.75, 3.05) is 19.0 Å². The number of hydrogen-bond acceptors (Lipinski definition) is 4. The summed E-state index contributed by atoms with van der Waals surface area (Å²) >= 11 is 0. The molecule has 0 atom stereocenters. The number of amides is 2. The standard InChI is InChI=1S/C26H23FN2O3/c1-17-5-3-4-6-22(17)28-24-23(19-9-13-21(32-2)14-10-19)25(30)29(26(24)31)16-15-18-7-11-20(27)12-8-18/h3-14,28H,15-16H2,1-2H3. The number of nitrogens with zero attached hydrogens (tertiary/aromatic N) is 1. The SMILES string of the molecule is COc1ccc(C2=C(Nc3ccccc3C)C(=O)N(CCc3ccc(F)cc3)C2=O)cc1. The van der Waals surface area contributed by atoms with Crippen LogP contribution in [0.25, 0.3) is 5.57 Å². The van der Waals surface area contributed by atoms with E-state index in [2.05, 4.69) is 5.32 Å². The number of carbonyl (C=O) groups excluding carboxylic acids is 2. The molecule has 1 aliphatic heterocycles. The number of methoxy groups -OCH3 is 1. The first-order valence-corrected chi connectivity index (χ1v) is 10.3. The maximum absolute atomic E-state index is 13.3. The van der Waals surface area contributed by atoms with Gasteiger partial charge in [-0.3, -0.25) is 14.5 Å². The lowest BCUT2D eigenvalue weighted by Gasteiger charge is -2.15. The number of benzene rings is 3. The maximum Gasteiger partial charge on any atom is 0.278 e. The Hall–Kier alpha value is -3.93. The van der Waals surface area contributed by atoms with Crippen LogP contribution in [0.15, 0.2) is 78.5 Å². The van der Waals surface area contributed by atoms with Gasteiger partial charge < -0.3 is 10.1 Å². The second-order valence-corrected chi connectivity index (χ2v) is 7.56. The minimum absolute atomic E-state index is 0.196. The smallest absolute Gasteiger partial charge is 0.278 e. The maximum atomic E-state index is 13.3. The topological polar surface area (TPSA) is 58.6 Å². The van der Waals surface area contributed by atoms with Gasteiger partial charge in [0.1, 0.15) is 17.3 Å². The number of para-hydroxylation sites is 1. The van der Waals surface area contributed by atoms with Crippen LogP contribution >= 0.6 is 0 Å². The van der Waals surface area contributed by atoms with Gasteiger partial charge in [-0.25, -0.2) is 4.39 Å². The molecule has 0 bridgehead atoms. The average molecular weight is 430 g/mol. The first-order chi connectivity index (χ1) is 15.5. The normalized spacial score (nSPS) is 13.7. The van der Waals surface area contributed by atoms with Gasteiger partial charge in [0, 0.05) is 12.2 Å². The predicted octanol–water partition coefficient (Wildman–Crippen LogP) is 4.58. The lowest BCUT2D eigenvalue weighted by molar-refractivity contribution is -0.136. The highest BCUT2D eigenvalue weighted by molar-refractivity contribution is 6.36. The number of halogens is 1. The molecule has 0 saturated heterocycles. The summed E-state index contributed by atoms with van der Waals surface area (Å²) < 4.78 is 18.4. The highest BCUT2D eigenvalue weighted by Crippen LogP contribution is 2.32. The molecule has 32 heavy (non-hydrogen) atoms. The summed E-state index contributed by atoms with van der Waals surface area (Å²) in [7, 11) is 1.57. The zero-order valence-electron chi connectivity index (χ0n) is 17.9. The number of carbonyl (C=O) groups is 2. The molecule has 162 valence electrons. The zero-order valence-corrected chi connectivity index (χ0v) is 17.9. The molecule has 0 unspecified atom stereocenters. The Kier molecular flexibility index (Phi) is 6.03. The van der Waals surface area contributed by atoms with Crippen LogP contribution in [0.2, 0.25) is 0 Å². The van der Waals surface area contributed by atoms with Crippen LogP contribution in [0.4, 0.5) is 10.1 Å². The first kappa shape index (κ1) is 21.3. The third kappa shape index (κ3) is 4.25. The molecule has 3 aromatic rings. The first-order valence-electron chi connectivity index (χ1n) is 10.3. The summed E-state index contributed by atoms with van der Waals surface area (Å²) in [5.74, 6) is -0.410.